The highest BCUT2D eigenvalue weighted by atomic mass is 16.5. The number of methoxy groups -OCH3 is 1. The first-order valence-electron chi connectivity index (χ1n) is 6.31. The van der Waals surface area contributed by atoms with Crippen LogP contribution in [0.1, 0.15) is 19.8 Å². The minimum Gasteiger partial charge on any atom is -0.468 e. The minimum atomic E-state index is -0.634. The van der Waals surface area contributed by atoms with Crippen LogP contribution in [-0.4, -0.2) is 63.8 Å². The first-order chi connectivity index (χ1) is 8.70. The number of esters is 1. The van der Waals surface area contributed by atoms with Crippen LogP contribution in [0.3, 0.4) is 0 Å². The maximum Gasteiger partial charge on any atom is 0.319 e. The number of rotatable bonds is 12. The number of aliphatic hydroxyl groups is 1. The molecule has 1 atom stereocenters. The highest BCUT2D eigenvalue weighted by molar-refractivity contribution is 5.71. The summed E-state index contributed by atoms with van der Waals surface area (Å²) in [5.74, 6) is -0.354. The van der Waals surface area contributed by atoms with Crippen LogP contribution in [0.4, 0.5) is 0 Å². The molecular formula is C12H25NO5. The maximum absolute atomic E-state index is 10.8. The molecule has 0 amide bonds. The Morgan fingerprint density at radius 1 is 1.28 bits per heavy atom. The van der Waals surface area contributed by atoms with Gasteiger partial charge in [-0.05, 0) is 6.42 Å². The standard InChI is InChI=1S/C12H25NO5/c1-3-4-5-17-6-7-18-10-11(14)8-13-9-12(15)16-2/h11,13-14H,3-10H2,1-2H3. The highest BCUT2D eigenvalue weighted by Crippen LogP contribution is 1.89. The van der Waals surface area contributed by atoms with E-state index in [1.165, 1.54) is 7.11 Å². The molecule has 0 aromatic carbocycles. The van der Waals surface area contributed by atoms with Gasteiger partial charge in [-0.15, -0.1) is 0 Å². The van der Waals surface area contributed by atoms with E-state index < -0.39 is 6.10 Å². The summed E-state index contributed by atoms with van der Waals surface area (Å²) in [7, 11) is 1.32. The lowest BCUT2D eigenvalue weighted by Crippen LogP contribution is -2.34. The van der Waals surface area contributed by atoms with Crippen molar-refractivity contribution in [2.24, 2.45) is 0 Å². The summed E-state index contributed by atoms with van der Waals surface area (Å²) in [5.41, 5.74) is 0. The van der Waals surface area contributed by atoms with E-state index in [4.69, 9.17) is 9.47 Å². The predicted molar refractivity (Wildman–Crippen MR) is 67.4 cm³/mol. The molecule has 108 valence electrons. The number of unbranched alkanes of at least 4 members (excludes halogenated alkanes) is 1. The topological polar surface area (TPSA) is 77.0 Å². The molecule has 0 heterocycles. The largest absolute Gasteiger partial charge is 0.468 e. The van der Waals surface area contributed by atoms with Gasteiger partial charge in [0.25, 0.3) is 0 Å². The van der Waals surface area contributed by atoms with Crippen molar-refractivity contribution < 1.29 is 24.1 Å². The Labute approximate surface area is 109 Å². The van der Waals surface area contributed by atoms with Crippen LogP contribution in [-0.2, 0) is 19.0 Å². The van der Waals surface area contributed by atoms with Crippen LogP contribution < -0.4 is 5.32 Å². The van der Waals surface area contributed by atoms with Gasteiger partial charge in [-0.1, -0.05) is 13.3 Å². The van der Waals surface area contributed by atoms with Crippen molar-refractivity contribution in [2.75, 3.05) is 46.6 Å². The van der Waals surface area contributed by atoms with Gasteiger partial charge in [0.2, 0.25) is 0 Å². The van der Waals surface area contributed by atoms with Crippen LogP contribution >= 0.6 is 0 Å². The molecular weight excluding hydrogens is 238 g/mol. The number of carbonyl (C=O) groups is 1. The number of hydrogen-bond acceptors (Lipinski definition) is 6. The fraction of sp³-hybridized carbons (Fsp3) is 0.917. The summed E-state index contributed by atoms with van der Waals surface area (Å²) in [5, 5.41) is 12.3. The predicted octanol–water partition coefficient (Wildman–Crippen LogP) is -0.0568. The molecule has 0 rings (SSSR count). The van der Waals surface area contributed by atoms with Crippen LogP contribution in [0.25, 0.3) is 0 Å². The molecule has 1 unspecified atom stereocenters. The molecule has 2 N–H and O–H groups in total. The first kappa shape index (κ1) is 17.3. The van der Waals surface area contributed by atoms with Gasteiger partial charge in [-0.25, -0.2) is 0 Å². The first-order valence-corrected chi connectivity index (χ1v) is 6.31. The number of hydrogen-bond donors (Lipinski definition) is 2. The van der Waals surface area contributed by atoms with Gasteiger partial charge in [0, 0.05) is 13.2 Å². The molecule has 0 saturated heterocycles. The molecule has 0 aromatic rings. The number of ether oxygens (including phenoxy) is 3. The Morgan fingerprint density at radius 2 is 2.00 bits per heavy atom. The van der Waals surface area contributed by atoms with Crippen molar-refractivity contribution >= 4 is 5.97 Å². The van der Waals surface area contributed by atoms with Gasteiger partial charge in [-0.3, -0.25) is 4.79 Å². The third-order valence-corrected chi connectivity index (χ3v) is 2.20. The highest BCUT2D eigenvalue weighted by Gasteiger charge is 2.05. The van der Waals surface area contributed by atoms with Crippen molar-refractivity contribution in [1.82, 2.24) is 5.32 Å². The van der Waals surface area contributed by atoms with Crippen molar-refractivity contribution in [3.8, 4) is 0 Å². The summed E-state index contributed by atoms with van der Waals surface area (Å²) in [6.07, 6.45) is 1.54. The third kappa shape index (κ3) is 11.8. The molecule has 0 aliphatic carbocycles. The van der Waals surface area contributed by atoms with Crippen LogP contribution in [0, 0.1) is 0 Å². The van der Waals surface area contributed by atoms with Crippen LogP contribution in [0.5, 0.6) is 0 Å². The van der Waals surface area contributed by atoms with Gasteiger partial charge in [0.15, 0.2) is 0 Å². The van der Waals surface area contributed by atoms with E-state index in [0.717, 1.165) is 19.4 Å². The second kappa shape index (κ2) is 12.8. The molecule has 0 aromatic heterocycles. The summed E-state index contributed by atoms with van der Waals surface area (Å²) in [6.45, 7) is 4.49. The van der Waals surface area contributed by atoms with Crippen LogP contribution in [0.15, 0.2) is 0 Å². The lowest BCUT2D eigenvalue weighted by atomic mass is 10.4. The zero-order valence-corrected chi connectivity index (χ0v) is 11.3. The van der Waals surface area contributed by atoms with Crippen LogP contribution in [0.2, 0.25) is 0 Å². The molecule has 0 aliphatic rings. The van der Waals surface area contributed by atoms with Crippen molar-refractivity contribution in [1.29, 1.82) is 0 Å². The average molecular weight is 263 g/mol. The zero-order chi connectivity index (χ0) is 13.6. The maximum atomic E-state index is 10.8. The number of aliphatic hydroxyl groups excluding tert-OH is 1. The van der Waals surface area contributed by atoms with E-state index in [0.29, 0.717) is 19.8 Å². The Bertz CT molecular complexity index is 201. The van der Waals surface area contributed by atoms with E-state index in [1.807, 2.05) is 0 Å². The molecule has 0 spiro atoms. The lowest BCUT2D eigenvalue weighted by molar-refractivity contribution is -0.139. The van der Waals surface area contributed by atoms with Gasteiger partial charge >= 0.3 is 5.97 Å². The van der Waals surface area contributed by atoms with Gasteiger partial charge in [-0.2, -0.15) is 0 Å². The normalized spacial score (nSPS) is 12.4. The second-order valence-corrected chi connectivity index (χ2v) is 3.90. The molecule has 18 heavy (non-hydrogen) atoms. The summed E-state index contributed by atoms with van der Waals surface area (Å²) in [4.78, 5) is 10.8. The summed E-state index contributed by atoms with van der Waals surface area (Å²) >= 11 is 0. The molecule has 6 heteroatoms. The molecule has 6 nitrogen and oxygen atoms in total. The van der Waals surface area contributed by atoms with Crippen molar-refractivity contribution in [2.45, 2.75) is 25.9 Å². The fourth-order valence-corrected chi connectivity index (χ4v) is 1.16. The second-order valence-electron chi connectivity index (χ2n) is 3.90. The zero-order valence-electron chi connectivity index (χ0n) is 11.3. The molecule has 0 fully saturated rings. The third-order valence-electron chi connectivity index (χ3n) is 2.20. The van der Waals surface area contributed by atoms with Gasteiger partial charge in [0.1, 0.15) is 0 Å². The Hall–Kier alpha value is -0.690. The fourth-order valence-electron chi connectivity index (χ4n) is 1.16. The molecule has 0 bridgehead atoms. The minimum absolute atomic E-state index is 0.0910. The Morgan fingerprint density at radius 3 is 2.67 bits per heavy atom. The van der Waals surface area contributed by atoms with Crippen molar-refractivity contribution in [3.63, 3.8) is 0 Å². The van der Waals surface area contributed by atoms with E-state index in [2.05, 4.69) is 17.0 Å². The van der Waals surface area contributed by atoms with E-state index in [-0.39, 0.29) is 19.1 Å². The molecule has 0 saturated carbocycles. The quantitative estimate of drug-likeness (QED) is 0.379. The smallest absolute Gasteiger partial charge is 0.319 e. The van der Waals surface area contributed by atoms with Gasteiger partial charge in [0.05, 0.1) is 39.6 Å². The Balaban J connectivity index is 3.21. The lowest BCUT2D eigenvalue weighted by Gasteiger charge is -2.12. The average Bonchev–Trinajstić information content (AvgIpc) is 2.37. The summed E-state index contributed by atoms with van der Waals surface area (Å²) < 4.78 is 15.0. The van der Waals surface area contributed by atoms with E-state index >= 15 is 0 Å². The monoisotopic (exact) mass is 263 g/mol. The Kier molecular flexibility index (Phi) is 12.3. The van der Waals surface area contributed by atoms with E-state index in [9.17, 15) is 9.90 Å². The van der Waals surface area contributed by atoms with Crippen molar-refractivity contribution in [3.05, 3.63) is 0 Å². The summed E-state index contributed by atoms with van der Waals surface area (Å²) in [6, 6.07) is 0. The SMILES string of the molecule is CCCCOCCOCC(O)CNCC(=O)OC. The number of nitrogens with one attached hydrogen (secondary N) is 1. The molecule has 0 radical (unpaired) electrons. The number of carbonyl (C=O) groups excluding carboxylic acids is 1. The van der Waals surface area contributed by atoms with E-state index in [1.54, 1.807) is 0 Å². The molecule has 0 aliphatic heterocycles. The van der Waals surface area contributed by atoms with Gasteiger partial charge < -0.3 is 24.6 Å².